The molecule has 2 N–H and O–H groups in total. The minimum absolute atomic E-state index is 0.158. The van der Waals surface area contributed by atoms with Gasteiger partial charge in [0.15, 0.2) is 0 Å². The highest BCUT2D eigenvalue weighted by Gasteiger charge is 2.46. The molecule has 1 aliphatic carbocycles. The molecule has 122 valence electrons. The Labute approximate surface area is 126 Å². The number of hydrogen-bond donors (Lipinski definition) is 3. The minimum Gasteiger partial charge on any atom is -0.481 e. The maximum Gasteiger partial charge on any atom is 0.401 e. The zero-order valence-corrected chi connectivity index (χ0v) is 12.5. The molecular formula is C13H20F3NO3S. The Kier molecular flexibility index (Phi) is 6.37. The Morgan fingerprint density at radius 1 is 1.24 bits per heavy atom. The van der Waals surface area contributed by atoms with E-state index in [2.05, 4.69) is 17.9 Å². The van der Waals surface area contributed by atoms with Crippen molar-refractivity contribution in [2.45, 2.75) is 56.7 Å². The number of hydrogen-bond acceptors (Lipinski definition) is 3. The number of aliphatic carboxylic acids is 1. The zero-order valence-electron chi connectivity index (χ0n) is 11.6. The van der Waals surface area contributed by atoms with E-state index >= 15 is 0 Å². The molecule has 0 bridgehead atoms. The van der Waals surface area contributed by atoms with Gasteiger partial charge in [-0.05, 0) is 19.3 Å². The fraction of sp³-hybridized carbons (Fsp3) is 0.846. The predicted molar refractivity (Wildman–Crippen MR) is 74.2 cm³/mol. The van der Waals surface area contributed by atoms with Crippen LogP contribution in [0.5, 0.6) is 0 Å². The first-order valence-electron chi connectivity index (χ1n) is 6.91. The molecule has 0 saturated heterocycles. The van der Waals surface area contributed by atoms with Gasteiger partial charge < -0.3 is 10.4 Å². The van der Waals surface area contributed by atoms with E-state index in [0.29, 0.717) is 12.8 Å². The Morgan fingerprint density at radius 3 is 2.24 bits per heavy atom. The molecule has 1 atom stereocenters. The smallest absolute Gasteiger partial charge is 0.401 e. The number of carbonyl (C=O) groups is 2. The lowest BCUT2D eigenvalue weighted by Gasteiger charge is -2.39. The lowest BCUT2D eigenvalue weighted by atomic mass is 9.78. The molecule has 0 spiro atoms. The highest BCUT2D eigenvalue weighted by atomic mass is 32.1. The second-order valence-corrected chi connectivity index (χ2v) is 5.87. The van der Waals surface area contributed by atoms with E-state index in [0.717, 1.165) is 19.3 Å². The third kappa shape index (κ3) is 5.41. The molecule has 1 fully saturated rings. The lowest BCUT2D eigenvalue weighted by molar-refractivity contribution is -0.179. The number of nitrogens with one attached hydrogen (secondary N) is 1. The fourth-order valence-electron chi connectivity index (χ4n) is 2.70. The molecule has 1 saturated carbocycles. The molecule has 0 aromatic carbocycles. The number of carboxylic acids is 1. The number of thiol groups is 1. The van der Waals surface area contributed by atoms with Crippen LogP contribution in [0.25, 0.3) is 0 Å². The van der Waals surface area contributed by atoms with E-state index in [4.69, 9.17) is 5.11 Å². The summed E-state index contributed by atoms with van der Waals surface area (Å²) in [5.41, 5.74) is -0.833. The van der Waals surface area contributed by atoms with E-state index in [-0.39, 0.29) is 12.8 Å². The molecule has 8 heteroatoms. The maximum atomic E-state index is 12.8. The topological polar surface area (TPSA) is 66.4 Å². The summed E-state index contributed by atoms with van der Waals surface area (Å²) < 4.78 is 38.3. The van der Waals surface area contributed by atoms with Crippen molar-refractivity contribution in [1.82, 2.24) is 5.32 Å². The second kappa shape index (κ2) is 7.38. The number of carbonyl (C=O) groups excluding carboxylic acids is 1. The number of halogens is 3. The molecule has 0 aromatic rings. The van der Waals surface area contributed by atoms with Crippen LogP contribution in [-0.4, -0.2) is 34.5 Å². The number of alkyl halides is 3. The van der Waals surface area contributed by atoms with Crippen molar-refractivity contribution < 1.29 is 27.9 Å². The normalized spacial score (nSPS) is 19.8. The van der Waals surface area contributed by atoms with Crippen molar-refractivity contribution >= 4 is 24.5 Å². The van der Waals surface area contributed by atoms with Crippen LogP contribution < -0.4 is 5.32 Å². The molecule has 1 unspecified atom stereocenters. The average molecular weight is 327 g/mol. The first-order chi connectivity index (χ1) is 9.70. The van der Waals surface area contributed by atoms with Gasteiger partial charge in [-0.3, -0.25) is 9.59 Å². The molecule has 0 aliphatic heterocycles. The summed E-state index contributed by atoms with van der Waals surface area (Å²) >= 11 is 3.60. The Morgan fingerprint density at radius 2 is 1.81 bits per heavy atom. The van der Waals surface area contributed by atoms with Gasteiger partial charge in [0.1, 0.15) is 5.92 Å². The monoisotopic (exact) mass is 327 g/mol. The van der Waals surface area contributed by atoms with Crippen molar-refractivity contribution in [2.24, 2.45) is 5.92 Å². The first kappa shape index (κ1) is 18.1. The van der Waals surface area contributed by atoms with Crippen LogP contribution in [0.1, 0.15) is 44.9 Å². The maximum absolute atomic E-state index is 12.8. The minimum atomic E-state index is -4.64. The molecule has 0 radical (unpaired) electrons. The fourth-order valence-corrected chi connectivity index (χ4v) is 3.07. The molecule has 21 heavy (non-hydrogen) atoms. The van der Waals surface area contributed by atoms with Crippen LogP contribution in [0, 0.1) is 5.92 Å². The lowest BCUT2D eigenvalue weighted by Crippen LogP contribution is -2.54. The summed E-state index contributed by atoms with van der Waals surface area (Å²) in [6, 6.07) is 0. The molecule has 4 nitrogen and oxygen atoms in total. The van der Waals surface area contributed by atoms with Gasteiger partial charge in [-0.2, -0.15) is 25.8 Å². The Bertz CT molecular complexity index is 381. The van der Waals surface area contributed by atoms with Gasteiger partial charge in [0.05, 0.1) is 0 Å². The highest BCUT2D eigenvalue weighted by Crippen LogP contribution is 2.34. The standard InChI is InChI=1S/C13H20F3NO3S/c14-13(15,16)9(8-21)11(20)17-12(7-4-10(18)19)5-2-1-3-6-12/h9,21H,1-8H2,(H,17,20)(H,18,19). The van der Waals surface area contributed by atoms with Crippen LogP contribution in [0.2, 0.25) is 0 Å². The summed E-state index contributed by atoms with van der Waals surface area (Å²) in [5, 5.41) is 11.2. The van der Waals surface area contributed by atoms with E-state index in [1.165, 1.54) is 0 Å². The third-order valence-corrected chi connectivity index (χ3v) is 4.28. The number of rotatable bonds is 6. The van der Waals surface area contributed by atoms with E-state index in [1.807, 2.05) is 0 Å². The summed E-state index contributed by atoms with van der Waals surface area (Å²) in [7, 11) is 0. The molecular weight excluding hydrogens is 307 g/mol. The quantitative estimate of drug-likeness (QED) is 0.657. The van der Waals surface area contributed by atoms with Gasteiger partial charge in [0.25, 0.3) is 0 Å². The molecule has 0 aromatic heterocycles. The molecule has 1 amide bonds. The predicted octanol–water partition coefficient (Wildman–Crippen LogP) is 2.78. The van der Waals surface area contributed by atoms with Crippen molar-refractivity contribution in [3.63, 3.8) is 0 Å². The first-order valence-corrected chi connectivity index (χ1v) is 7.55. The van der Waals surface area contributed by atoms with Crippen LogP contribution in [0.3, 0.4) is 0 Å². The Hall–Kier alpha value is -0.920. The van der Waals surface area contributed by atoms with Gasteiger partial charge in [0, 0.05) is 17.7 Å². The van der Waals surface area contributed by atoms with E-state index in [9.17, 15) is 22.8 Å². The largest absolute Gasteiger partial charge is 0.481 e. The SMILES string of the molecule is O=C(O)CCC1(NC(=O)C(CS)C(F)(F)F)CCCCC1. The van der Waals surface area contributed by atoms with Gasteiger partial charge >= 0.3 is 12.1 Å². The summed E-state index contributed by atoms with van der Waals surface area (Å²) in [6.07, 6.45) is -1.13. The van der Waals surface area contributed by atoms with Gasteiger partial charge in [-0.15, -0.1) is 0 Å². The van der Waals surface area contributed by atoms with Gasteiger partial charge in [0.2, 0.25) is 5.91 Å². The molecule has 1 aliphatic rings. The third-order valence-electron chi connectivity index (χ3n) is 3.91. The molecule has 0 heterocycles. The van der Waals surface area contributed by atoms with Crippen molar-refractivity contribution in [3.05, 3.63) is 0 Å². The number of carboxylic acid groups (broad SMARTS) is 1. The average Bonchev–Trinajstić information content (AvgIpc) is 2.36. The summed E-state index contributed by atoms with van der Waals surface area (Å²) in [4.78, 5) is 22.6. The van der Waals surface area contributed by atoms with Crippen LogP contribution in [0.15, 0.2) is 0 Å². The van der Waals surface area contributed by atoms with Crippen LogP contribution in [-0.2, 0) is 9.59 Å². The van der Waals surface area contributed by atoms with Crippen LogP contribution in [0.4, 0.5) is 13.2 Å². The van der Waals surface area contributed by atoms with Crippen LogP contribution >= 0.6 is 12.6 Å². The summed E-state index contributed by atoms with van der Waals surface area (Å²) in [6.45, 7) is 0. The summed E-state index contributed by atoms with van der Waals surface area (Å²) in [5.74, 6) is -4.91. The van der Waals surface area contributed by atoms with Gasteiger partial charge in [-0.25, -0.2) is 0 Å². The Balaban J connectivity index is 2.80. The van der Waals surface area contributed by atoms with Gasteiger partial charge in [-0.1, -0.05) is 19.3 Å². The molecule has 1 rings (SSSR count). The van der Waals surface area contributed by atoms with Crippen molar-refractivity contribution in [1.29, 1.82) is 0 Å². The highest BCUT2D eigenvalue weighted by molar-refractivity contribution is 7.80. The van der Waals surface area contributed by atoms with E-state index in [1.54, 1.807) is 0 Å². The second-order valence-electron chi connectivity index (χ2n) is 5.50. The van der Waals surface area contributed by atoms with E-state index < -0.39 is 35.3 Å². The zero-order chi connectivity index (χ0) is 16.1. The van der Waals surface area contributed by atoms with Crippen molar-refractivity contribution in [2.75, 3.05) is 5.75 Å². The van der Waals surface area contributed by atoms with Crippen molar-refractivity contribution in [3.8, 4) is 0 Å². The number of amides is 1.